The molecule has 0 aromatic heterocycles. The summed E-state index contributed by atoms with van der Waals surface area (Å²) in [5, 5.41) is 0. The zero-order valence-electron chi connectivity index (χ0n) is 8.01. The first kappa shape index (κ1) is 11.2. The van der Waals surface area contributed by atoms with Gasteiger partial charge in [-0.3, -0.25) is 4.99 Å². The zero-order valence-corrected chi connectivity index (χ0v) is 8.01. The quantitative estimate of drug-likeness (QED) is 0.313. The minimum absolute atomic E-state index is 0.0715. The van der Waals surface area contributed by atoms with Crippen LogP contribution in [0.25, 0.3) is 0 Å². The van der Waals surface area contributed by atoms with E-state index in [1.165, 1.54) is 0 Å². The van der Waals surface area contributed by atoms with Crippen LogP contribution in [0.3, 0.4) is 0 Å². The van der Waals surface area contributed by atoms with Crippen molar-refractivity contribution in [2.45, 2.75) is 38.6 Å². The highest BCUT2D eigenvalue weighted by Crippen LogP contribution is 2.08. The van der Waals surface area contributed by atoms with Crippen molar-refractivity contribution < 1.29 is 0 Å². The summed E-state index contributed by atoms with van der Waals surface area (Å²) in [6.45, 7) is 4.75. The molecule has 0 aliphatic heterocycles. The van der Waals surface area contributed by atoms with Crippen molar-refractivity contribution in [2.24, 2.45) is 22.2 Å². The SMILES string of the molecule is CC(C)(N)CCCCN=C(N)N. The average molecular weight is 172 g/mol. The molecular formula is C8H20N4. The Bertz CT molecular complexity index is 142. The molecule has 4 heteroatoms. The molecule has 0 atom stereocenters. The minimum atomic E-state index is -0.0715. The maximum Gasteiger partial charge on any atom is 0.185 e. The van der Waals surface area contributed by atoms with Crippen LogP contribution in [0.2, 0.25) is 0 Å². The molecule has 0 amide bonds. The van der Waals surface area contributed by atoms with E-state index in [9.17, 15) is 0 Å². The molecule has 72 valence electrons. The van der Waals surface area contributed by atoms with Crippen molar-refractivity contribution >= 4 is 5.96 Å². The standard InChI is InChI=1S/C8H20N4/c1-8(2,11)5-3-4-6-12-7(9)10/h3-6,11H2,1-2H3,(H4,9,10,12). The average Bonchev–Trinajstić information content (AvgIpc) is 1.83. The fraction of sp³-hybridized carbons (Fsp3) is 0.875. The summed E-state index contributed by atoms with van der Waals surface area (Å²) in [7, 11) is 0. The van der Waals surface area contributed by atoms with Gasteiger partial charge in [0.15, 0.2) is 5.96 Å². The number of unbranched alkanes of at least 4 members (excludes halogenated alkanes) is 1. The van der Waals surface area contributed by atoms with Gasteiger partial charge in [-0.1, -0.05) is 0 Å². The molecule has 0 heterocycles. The van der Waals surface area contributed by atoms with E-state index in [0.29, 0.717) is 6.54 Å². The number of aliphatic imine (C=N–C) groups is 1. The molecule has 0 saturated carbocycles. The third-order valence-electron chi connectivity index (χ3n) is 1.52. The monoisotopic (exact) mass is 172 g/mol. The van der Waals surface area contributed by atoms with E-state index in [0.717, 1.165) is 19.3 Å². The highest BCUT2D eigenvalue weighted by molar-refractivity contribution is 5.75. The number of nitrogens with zero attached hydrogens (tertiary/aromatic N) is 1. The van der Waals surface area contributed by atoms with Gasteiger partial charge in [-0.15, -0.1) is 0 Å². The second kappa shape index (κ2) is 4.98. The third-order valence-corrected chi connectivity index (χ3v) is 1.52. The first-order valence-electron chi connectivity index (χ1n) is 4.26. The van der Waals surface area contributed by atoms with Gasteiger partial charge in [0.2, 0.25) is 0 Å². The Hall–Kier alpha value is -0.770. The zero-order chi connectivity index (χ0) is 9.61. The van der Waals surface area contributed by atoms with Gasteiger partial charge < -0.3 is 17.2 Å². The molecule has 6 N–H and O–H groups in total. The molecule has 0 radical (unpaired) electrons. The molecule has 0 saturated heterocycles. The number of guanidine groups is 1. The Kier molecular flexibility index (Phi) is 4.66. The van der Waals surface area contributed by atoms with E-state index >= 15 is 0 Å². The molecule has 0 aliphatic carbocycles. The van der Waals surface area contributed by atoms with E-state index in [1.54, 1.807) is 0 Å². The number of hydrogen-bond acceptors (Lipinski definition) is 2. The number of hydrogen-bond donors (Lipinski definition) is 3. The maximum atomic E-state index is 5.79. The fourth-order valence-corrected chi connectivity index (χ4v) is 0.901. The summed E-state index contributed by atoms with van der Waals surface area (Å²) in [6, 6.07) is 0. The summed E-state index contributed by atoms with van der Waals surface area (Å²) in [5.74, 6) is 0.169. The molecule has 0 fully saturated rings. The summed E-state index contributed by atoms with van der Waals surface area (Å²) in [5.41, 5.74) is 16.0. The van der Waals surface area contributed by atoms with Crippen LogP contribution in [0.1, 0.15) is 33.1 Å². The molecule has 0 rings (SSSR count). The van der Waals surface area contributed by atoms with Crippen LogP contribution in [-0.2, 0) is 0 Å². The predicted octanol–water partition coefficient (Wildman–Crippen LogP) is 0.167. The predicted molar refractivity (Wildman–Crippen MR) is 52.8 cm³/mol. The Morgan fingerprint density at radius 2 is 1.83 bits per heavy atom. The van der Waals surface area contributed by atoms with Crippen LogP contribution in [-0.4, -0.2) is 18.0 Å². The first-order valence-corrected chi connectivity index (χ1v) is 4.26. The van der Waals surface area contributed by atoms with E-state index in [4.69, 9.17) is 17.2 Å². The summed E-state index contributed by atoms with van der Waals surface area (Å²) >= 11 is 0. The highest BCUT2D eigenvalue weighted by Gasteiger charge is 2.08. The Balaban J connectivity index is 3.29. The van der Waals surface area contributed by atoms with Gasteiger partial charge in [0, 0.05) is 12.1 Å². The molecule has 4 nitrogen and oxygen atoms in total. The van der Waals surface area contributed by atoms with Crippen molar-refractivity contribution in [3.8, 4) is 0 Å². The lowest BCUT2D eigenvalue weighted by atomic mass is 9.99. The lowest BCUT2D eigenvalue weighted by Crippen LogP contribution is -2.31. The van der Waals surface area contributed by atoms with Gasteiger partial charge in [-0.05, 0) is 33.1 Å². The molecule has 0 unspecified atom stereocenters. The van der Waals surface area contributed by atoms with Crippen LogP contribution >= 0.6 is 0 Å². The second-order valence-electron chi connectivity index (χ2n) is 3.75. The van der Waals surface area contributed by atoms with Crippen LogP contribution in [0.4, 0.5) is 0 Å². The normalized spacial score (nSPS) is 11.2. The smallest absolute Gasteiger partial charge is 0.185 e. The van der Waals surface area contributed by atoms with Crippen LogP contribution < -0.4 is 17.2 Å². The van der Waals surface area contributed by atoms with Crippen LogP contribution in [0, 0.1) is 0 Å². The van der Waals surface area contributed by atoms with Gasteiger partial charge >= 0.3 is 0 Å². The Morgan fingerprint density at radius 1 is 1.25 bits per heavy atom. The maximum absolute atomic E-state index is 5.79. The van der Waals surface area contributed by atoms with Crippen LogP contribution in [0.15, 0.2) is 4.99 Å². The molecule has 0 aliphatic rings. The van der Waals surface area contributed by atoms with E-state index in [1.807, 2.05) is 13.8 Å². The molecule has 0 aromatic carbocycles. The molecule has 0 bridgehead atoms. The summed E-state index contributed by atoms with van der Waals surface area (Å²) < 4.78 is 0. The van der Waals surface area contributed by atoms with Crippen molar-refractivity contribution in [3.63, 3.8) is 0 Å². The largest absolute Gasteiger partial charge is 0.370 e. The number of nitrogens with two attached hydrogens (primary N) is 3. The van der Waals surface area contributed by atoms with Crippen molar-refractivity contribution in [1.29, 1.82) is 0 Å². The van der Waals surface area contributed by atoms with Crippen LogP contribution in [0.5, 0.6) is 0 Å². The van der Waals surface area contributed by atoms with E-state index < -0.39 is 0 Å². The van der Waals surface area contributed by atoms with Crippen molar-refractivity contribution in [2.75, 3.05) is 6.54 Å². The Morgan fingerprint density at radius 3 is 2.25 bits per heavy atom. The summed E-state index contributed by atoms with van der Waals surface area (Å²) in [4.78, 5) is 3.88. The van der Waals surface area contributed by atoms with Gasteiger partial charge in [0.25, 0.3) is 0 Å². The topological polar surface area (TPSA) is 90.4 Å². The van der Waals surface area contributed by atoms with Gasteiger partial charge in [0.1, 0.15) is 0 Å². The molecule has 0 aromatic rings. The second-order valence-corrected chi connectivity index (χ2v) is 3.75. The van der Waals surface area contributed by atoms with E-state index in [-0.39, 0.29) is 11.5 Å². The van der Waals surface area contributed by atoms with Crippen molar-refractivity contribution in [1.82, 2.24) is 0 Å². The minimum Gasteiger partial charge on any atom is -0.370 e. The van der Waals surface area contributed by atoms with Gasteiger partial charge in [-0.25, -0.2) is 0 Å². The van der Waals surface area contributed by atoms with Gasteiger partial charge in [0.05, 0.1) is 0 Å². The highest BCUT2D eigenvalue weighted by atomic mass is 15.0. The lowest BCUT2D eigenvalue weighted by molar-refractivity contribution is 0.452. The summed E-state index contributed by atoms with van der Waals surface area (Å²) in [6.07, 6.45) is 3.08. The molecular weight excluding hydrogens is 152 g/mol. The number of rotatable bonds is 5. The Labute approximate surface area is 74.2 Å². The van der Waals surface area contributed by atoms with E-state index in [2.05, 4.69) is 4.99 Å². The molecule has 0 spiro atoms. The van der Waals surface area contributed by atoms with Gasteiger partial charge in [-0.2, -0.15) is 0 Å². The first-order chi connectivity index (χ1) is 5.42. The fourth-order valence-electron chi connectivity index (χ4n) is 0.901. The van der Waals surface area contributed by atoms with Crippen molar-refractivity contribution in [3.05, 3.63) is 0 Å². The molecule has 12 heavy (non-hydrogen) atoms. The third kappa shape index (κ3) is 9.23. The lowest BCUT2D eigenvalue weighted by Gasteiger charge is -2.17.